The van der Waals surface area contributed by atoms with E-state index in [9.17, 15) is 5.11 Å². The van der Waals surface area contributed by atoms with Gasteiger partial charge in [-0.15, -0.1) is 0 Å². The molecule has 0 amide bonds. The molecule has 0 saturated heterocycles. The van der Waals surface area contributed by atoms with Gasteiger partial charge in [0.05, 0.1) is 6.10 Å². The molecule has 0 fully saturated rings. The topological polar surface area (TPSA) is 40.5 Å². The van der Waals surface area contributed by atoms with Crippen molar-refractivity contribution in [3.05, 3.63) is 28.8 Å². The second-order valence-corrected chi connectivity index (χ2v) is 2.82. The average molecular weight is 173 g/mol. The van der Waals surface area contributed by atoms with Crippen LogP contribution in [0.3, 0.4) is 0 Å². The summed E-state index contributed by atoms with van der Waals surface area (Å²) in [6, 6.07) is 4.63. The van der Waals surface area contributed by atoms with Gasteiger partial charge in [0.15, 0.2) is 0 Å². The summed E-state index contributed by atoms with van der Waals surface area (Å²) in [4.78, 5) is 0. The quantitative estimate of drug-likeness (QED) is 0.681. The average Bonchev–Trinajstić information content (AvgIpc) is 1.85. The number of phenolic OH excluding ortho intramolecular Hbond substituents is 1. The second kappa shape index (κ2) is 3.11. The van der Waals surface area contributed by atoms with Gasteiger partial charge in [0.2, 0.25) is 0 Å². The van der Waals surface area contributed by atoms with E-state index >= 15 is 0 Å². The highest BCUT2D eigenvalue weighted by Gasteiger charge is 2.06. The van der Waals surface area contributed by atoms with Gasteiger partial charge in [-0.1, -0.05) is 17.7 Å². The number of phenols is 1. The minimum absolute atomic E-state index is 0.0347. The molecule has 0 spiro atoms. The molecule has 0 aromatic heterocycles. The highest BCUT2D eigenvalue weighted by Crippen LogP contribution is 2.26. The summed E-state index contributed by atoms with van der Waals surface area (Å²) in [5, 5.41) is 18.8. The lowest BCUT2D eigenvalue weighted by molar-refractivity contribution is 0.195. The SMILES string of the molecule is C[C@H](O)c1ccc(Cl)cc1O. The smallest absolute Gasteiger partial charge is 0.122 e. The first-order valence-corrected chi connectivity index (χ1v) is 3.65. The van der Waals surface area contributed by atoms with Crippen LogP contribution in [0.2, 0.25) is 5.02 Å². The molecule has 1 aromatic carbocycles. The van der Waals surface area contributed by atoms with Gasteiger partial charge in [-0.25, -0.2) is 0 Å². The fraction of sp³-hybridized carbons (Fsp3) is 0.250. The fourth-order valence-electron chi connectivity index (χ4n) is 0.870. The largest absolute Gasteiger partial charge is 0.508 e. The first kappa shape index (κ1) is 8.37. The molecule has 11 heavy (non-hydrogen) atoms. The van der Waals surface area contributed by atoms with E-state index in [0.29, 0.717) is 10.6 Å². The van der Waals surface area contributed by atoms with Crippen molar-refractivity contribution < 1.29 is 10.2 Å². The Morgan fingerprint density at radius 2 is 2.09 bits per heavy atom. The maximum atomic E-state index is 9.22. The molecule has 1 rings (SSSR count). The molecular weight excluding hydrogens is 164 g/mol. The Morgan fingerprint density at radius 3 is 2.55 bits per heavy atom. The van der Waals surface area contributed by atoms with E-state index < -0.39 is 6.10 Å². The first-order chi connectivity index (χ1) is 5.11. The predicted octanol–water partition coefficient (Wildman–Crippen LogP) is 2.10. The van der Waals surface area contributed by atoms with Crippen LogP contribution >= 0.6 is 11.6 Å². The maximum Gasteiger partial charge on any atom is 0.122 e. The number of hydrogen-bond donors (Lipinski definition) is 2. The van der Waals surface area contributed by atoms with E-state index in [4.69, 9.17) is 16.7 Å². The molecule has 3 heteroatoms. The van der Waals surface area contributed by atoms with Crippen molar-refractivity contribution in [2.45, 2.75) is 13.0 Å². The second-order valence-electron chi connectivity index (χ2n) is 2.38. The molecule has 2 nitrogen and oxygen atoms in total. The van der Waals surface area contributed by atoms with Crippen molar-refractivity contribution in [2.75, 3.05) is 0 Å². The lowest BCUT2D eigenvalue weighted by Gasteiger charge is -2.06. The Kier molecular flexibility index (Phi) is 2.37. The molecule has 60 valence electrons. The Bertz CT molecular complexity index is 258. The van der Waals surface area contributed by atoms with Crippen LogP contribution in [0.5, 0.6) is 5.75 Å². The molecule has 1 atom stereocenters. The lowest BCUT2D eigenvalue weighted by atomic mass is 10.1. The van der Waals surface area contributed by atoms with Crippen LogP contribution in [0.25, 0.3) is 0 Å². The molecule has 0 bridgehead atoms. The van der Waals surface area contributed by atoms with E-state index in [1.54, 1.807) is 19.1 Å². The van der Waals surface area contributed by atoms with Crippen LogP contribution in [0.15, 0.2) is 18.2 Å². The summed E-state index contributed by atoms with van der Waals surface area (Å²) in [5.74, 6) is 0.0347. The third kappa shape index (κ3) is 1.85. The minimum Gasteiger partial charge on any atom is -0.508 e. The predicted molar refractivity (Wildman–Crippen MR) is 43.8 cm³/mol. The maximum absolute atomic E-state index is 9.22. The Labute approximate surface area is 70.1 Å². The standard InChI is InChI=1S/C8H9ClO2/c1-5(10)7-3-2-6(9)4-8(7)11/h2-5,10-11H,1H3/t5-/m0/s1. The van der Waals surface area contributed by atoms with Gasteiger partial charge < -0.3 is 10.2 Å². The minimum atomic E-state index is -0.660. The zero-order chi connectivity index (χ0) is 8.43. The number of benzene rings is 1. The molecule has 0 saturated carbocycles. The summed E-state index contributed by atoms with van der Waals surface area (Å²) < 4.78 is 0. The van der Waals surface area contributed by atoms with Gasteiger partial charge in [0.25, 0.3) is 0 Å². The molecule has 2 N–H and O–H groups in total. The highest BCUT2D eigenvalue weighted by molar-refractivity contribution is 6.30. The molecular formula is C8H9ClO2. The molecule has 0 radical (unpaired) electrons. The molecule has 1 aromatic rings. The third-order valence-electron chi connectivity index (χ3n) is 1.44. The van der Waals surface area contributed by atoms with Crippen LogP contribution < -0.4 is 0 Å². The van der Waals surface area contributed by atoms with Gasteiger partial charge in [-0.05, 0) is 19.1 Å². The Balaban J connectivity index is 3.09. The van der Waals surface area contributed by atoms with Crippen molar-refractivity contribution in [1.82, 2.24) is 0 Å². The summed E-state index contributed by atoms with van der Waals surface area (Å²) in [6.45, 7) is 1.59. The Morgan fingerprint density at radius 1 is 1.45 bits per heavy atom. The summed E-state index contributed by atoms with van der Waals surface area (Å²) in [5.41, 5.74) is 0.495. The number of rotatable bonds is 1. The number of aromatic hydroxyl groups is 1. The van der Waals surface area contributed by atoms with Crippen molar-refractivity contribution in [3.8, 4) is 5.75 Å². The van der Waals surface area contributed by atoms with Crippen molar-refractivity contribution in [3.63, 3.8) is 0 Å². The van der Waals surface area contributed by atoms with Crippen LogP contribution in [0.4, 0.5) is 0 Å². The monoisotopic (exact) mass is 172 g/mol. The van der Waals surface area contributed by atoms with Crippen LogP contribution in [0.1, 0.15) is 18.6 Å². The van der Waals surface area contributed by atoms with E-state index in [1.807, 2.05) is 0 Å². The van der Waals surface area contributed by atoms with Crippen LogP contribution in [0, 0.1) is 0 Å². The summed E-state index contributed by atoms with van der Waals surface area (Å²) >= 11 is 5.58. The van der Waals surface area contributed by atoms with E-state index in [1.165, 1.54) is 6.07 Å². The number of aliphatic hydroxyl groups excluding tert-OH is 1. The van der Waals surface area contributed by atoms with Gasteiger partial charge in [0, 0.05) is 10.6 Å². The van der Waals surface area contributed by atoms with Gasteiger partial charge >= 0.3 is 0 Å². The van der Waals surface area contributed by atoms with Crippen molar-refractivity contribution in [2.24, 2.45) is 0 Å². The van der Waals surface area contributed by atoms with E-state index in [0.717, 1.165) is 0 Å². The zero-order valence-corrected chi connectivity index (χ0v) is 6.84. The summed E-state index contributed by atoms with van der Waals surface area (Å²) in [6.07, 6.45) is -0.660. The van der Waals surface area contributed by atoms with Crippen molar-refractivity contribution >= 4 is 11.6 Å². The highest BCUT2D eigenvalue weighted by atomic mass is 35.5. The molecule has 0 aliphatic carbocycles. The lowest BCUT2D eigenvalue weighted by Crippen LogP contribution is -1.90. The van der Waals surface area contributed by atoms with Crippen molar-refractivity contribution in [1.29, 1.82) is 0 Å². The molecule has 0 aliphatic heterocycles. The summed E-state index contributed by atoms with van der Waals surface area (Å²) in [7, 11) is 0. The molecule has 0 aliphatic rings. The number of hydrogen-bond acceptors (Lipinski definition) is 2. The third-order valence-corrected chi connectivity index (χ3v) is 1.68. The molecule has 0 unspecified atom stereocenters. The van der Waals surface area contributed by atoms with Gasteiger partial charge in [0.1, 0.15) is 5.75 Å². The first-order valence-electron chi connectivity index (χ1n) is 3.27. The Hall–Kier alpha value is -0.730. The van der Waals surface area contributed by atoms with Crippen LogP contribution in [-0.2, 0) is 0 Å². The van der Waals surface area contributed by atoms with E-state index in [-0.39, 0.29) is 5.75 Å². The zero-order valence-electron chi connectivity index (χ0n) is 6.08. The van der Waals surface area contributed by atoms with Gasteiger partial charge in [-0.3, -0.25) is 0 Å². The van der Waals surface area contributed by atoms with Gasteiger partial charge in [-0.2, -0.15) is 0 Å². The number of aliphatic hydroxyl groups is 1. The number of halogens is 1. The molecule has 0 heterocycles. The van der Waals surface area contributed by atoms with E-state index in [2.05, 4.69) is 0 Å². The van der Waals surface area contributed by atoms with Crippen LogP contribution in [-0.4, -0.2) is 10.2 Å². The normalized spacial score (nSPS) is 13.0. The fourth-order valence-corrected chi connectivity index (χ4v) is 1.04.